The Balaban J connectivity index is 1.51. The Morgan fingerprint density at radius 2 is 1.78 bits per heavy atom. The number of carbonyl (C=O) groups excluding carboxylic acids is 3. The summed E-state index contributed by atoms with van der Waals surface area (Å²) in [6, 6.07) is 14.1. The van der Waals surface area contributed by atoms with Crippen molar-refractivity contribution in [3.8, 4) is 11.4 Å². The first-order valence-electron chi connectivity index (χ1n) is 11.0. The number of nitrogens with one attached hydrogen (secondary N) is 1. The van der Waals surface area contributed by atoms with Gasteiger partial charge in [0.05, 0.1) is 7.11 Å². The fourth-order valence-electron chi connectivity index (χ4n) is 3.89. The van der Waals surface area contributed by atoms with Crippen LogP contribution in [0.25, 0.3) is 11.8 Å². The number of amides is 3. The van der Waals surface area contributed by atoms with E-state index in [1.807, 2.05) is 54.8 Å². The van der Waals surface area contributed by atoms with Crippen molar-refractivity contribution in [2.45, 2.75) is 20.5 Å². The van der Waals surface area contributed by atoms with Crippen LogP contribution in [0.1, 0.15) is 22.5 Å². The number of rotatable bonds is 7. The zero-order valence-electron chi connectivity index (χ0n) is 19.8. The molecule has 1 fully saturated rings. The highest BCUT2D eigenvalue weighted by molar-refractivity contribution is 6.35. The van der Waals surface area contributed by atoms with E-state index in [2.05, 4.69) is 10.1 Å². The first kappa shape index (κ1) is 25.3. The average molecular weight is 528 g/mol. The maximum atomic E-state index is 12.6. The molecule has 36 heavy (non-hydrogen) atoms. The van der Waals surface area contributed by atoms with Crippen molar-refractivity contribution in [1.29, 1.82) is 0 Å². The molecule has 1 aliphatic rings. The van der Waals surface area contributed by atoms with Gasteiger partial charge in [0.2, 0.25) is 0 Å². The van der Waals surface area contributed by atoms with Crippen LogP contribution in [0.3, 0.4) is 0 Å². The number of aryl methyl sites for hydroxylation is 1. The smallest absolute Gasteiger partial charge is 0.329 e. The number of methoxy groups -OCH3 is 1. The van der Waals surface area contributed by atoms with Gasteiger partial charge < -0.3 is 19.4 Å². The highest BCUT2D eigenvalue weighted by atomic mass is 35.5. The van der Waals surface area contributed by atoms with E-state index in [0.717, 1.165) is 33.1 Å². The van der Waals surface area contributed by atoms with Gasteiger partial charge in [0, 0.05) is 32.7 Å². The zero-order chi connectivity index (χ0) is 26.0. The van der Waals surface area contributed by atoms with Gasteiger partial charge in [-0.25, -0.2) is 9.69 Å². The Morgan fingerprint density at radius 1 is 1.06 bits per heavy atom. The quantitative estimate of drug-likeness (QED) is 0.264. The third-order valence-electron chi connectivity index (χ3n) is 5.75. The summed E-state index contributed by atoms with van der Waals surface area (Å²) in [5.74, 6) is -0.585. The Bertz CT molecular complexity index is 1380. The normalized spacial score (nSPS) is 14.4. The van der Waals surface area contributed by atoms with Crippen molar-refractivity contribution in [2.75, 3.05) is 13.7 Å². The molecule has 0 unspecified atom stereocenters. The van der Waals surface area contributed by atoms with Crippen LogP contribution in [0, 0.1) is 13.8 Å². The number of carbonyl (C=O) groups is 3. The summed E-state index contributed by atoms with van der Waals surface area (Å²) in [6.45, 7) is 3.72. The summed E-state index contributed by atoms with van der Waals surface area (Å²) >= 11 is 12.2. The molecule has 186 valence electrons. The number of urea groups is 1. The first-order valence-corrected chi connectivity index (χ1v) is 11.7. The van der Waals surface area contributed by atoms with Crippen LogP contribution < -0.4 is 10.1 Å². The van der Waals surface area contributed by atoms with Crippen molar-refractivity contribution in [3.05, 3.63) is 86.8 Å². The fourth-order valence-corrected chi connectivity index (χ4v) is 4.35. The predicted octanol–water partition coefficient (Wildman–Crippen LogP) is 5.05. The third-order valence-corrected chi connectivity index (χ3v) is 6.34. The van der Waals surface area contributed by atoms with Gasteiger partial charge in [0.15, 0.2) is 0 Å². The van der Waals surface area contributed by atoms with Crippen LogP contribution in [-0.2, 0) is 20.9 Å². The van der Waals surface area contributed by atoms with Gasteiger partial charge in [-0.1, -0.05) is 29.3 Å². The van der Waals surface area contributed by atoms with E-state index in [4.69, 9.17) is 27.9 Å². The molecule has 0 saturated carbocycles. The molecule has 1 saturated heterocycles. The predicted molar refractivity (Wildman–Crippen MR) is 136 cm³/mol. The molecule has 3 amide bonds. The van der Waals surface area contributed by atoms with Crippen LogP contribution in [-0.4, -0.2) is 41.0 Å². The molecule has 0 radical (unpaired) electrons. The summed E-state index contributed by atoms with van der Waals surface area (Å²) in [6.07, 6.45) is 1.60. The van der Waals surface area contributed by atoms with Gasteiger partial charge in [-0.3, -0.25) is 9.59 Å². The Labute approximate surface area is 218 Å². The lowest BCUT2D eigenvalue weighted by Crippen LogP contribution is -2.36. The summed E-state index contributed by atoms with van der Waals surface area (Å²) in [7, 11) is 1.19. The Hall–Kier alpha value is -3.75. The number of halogens is 2. The number of imide groups is 1. The van der Waals surface area contributed by atoms with E-state index in [9.17, 15) is 14.4 Å². The van der Waals surface area contributed by atoms with Crippen molar-refractivity contribution >= 4 is 47.2 Å². The molecule has 1 aromatic heterocycles. The molecule has 8 nitrogen and oxygen atoms in total. The maximum absolute atomic E-state index is 12.6. The molecule has 1 aliphatic heterocycles. The highest BCUT2D eigenvalue weighted by Gasteiger charge is 2.35. The molecule has 0 aliphatic carbocycles. The zero-order valence-corrected chi connectivity index (χ0v) is 21.3. The second-order valence-electron chi connectivity index (χ2n) is 8.14. The number of ether oxygens (including phenoxy) is 2. The van der Waals surface area contributed by atoms with Crippen molar-refractivity contribution < 1.29 is 23.9 Å². The Morgan fingerprint density at radius 3 is 2.44 bits per heavy atom. The topological polar surface area (TPSA) is 89.9 Å². The molecule has 0 bridgehead atoms. The number of nitrogens with zero attached hydrogens (tertiary/aromatic N) is 2. The molecule has 4 rings (SSSR count). The lowest BCUT2D eigenvalue weighted by atomic mass is 10.2. The lowest BCUT2D eigenvalue weighted by molar-refractivity contribution is -0.143. The van der Waals surface area contributed by atoms with Gasteiger partial charge in [-0.15, -0.1) is 0 Å². The molecule has 3 aromatic rings. The minimum atomic E-state index is -0.679. The van der Waals surface area contributed by atoms with E-state index < -0.39 is 24.5 Å². The van der Waals surface area contributed by atoms with Crippen molar-refractivity contribution in [3.63, 3.8) is 0 Å². The van der Waals surface area contributed by atoms with Gasteiger partial charge in [-0.2, -0.15) is 0 Å². The van der Waals surface area contributed by atoms with E-state index in [1.54, 1.807) is 18.2 Å². The average Bonchev–Trinajstić information content (AvgIpc) is 3.27. The van der Waals surface area contributed by atoms with Crippen LogP contribution in [0.5, 0.6) is 5.75 Å². The number of hydrogen-bond donors (Lipinski definition) is 1. The molecule has 10 heteroatoms. The first-order chi connectivity index (χ1) is 17.2. The minimum Gasteiger partial charge on any atom is -0.489 e. The molecular weight excluding hydrogens is 505 g/mol. The highest BCUT2D eigenvalue weighted by Crippen LogP contribution is 2.26. The van der Waals surface area contributed by atoms with E-state index in [-0.39, 0.29) is 5.70 Å². The van der Waals surface area contributed by atoms with Crippen LogP contribution in [0.4, 0.5) is 4.79 Å². The summed E-state index contributed by atoms with van der Waals surface area (Å²) < 4.78 is 12.4. The largest absolute Gasteiger partial charge is 0.489 e. The van der Waals surface area contributed by atoms with Crippen LogP contribution in [0.2, 0.25) is 10.0 Å². The molecule has 0 atom stereocenters. The molecule has 2 heterocycles. The third kappa shape index (κ3) is 5.24. The van der Waals surface area contributed by atoms with Gasteiger partial charge in [0.25, 0.3) is 5.91 Å². The van der Waals surface area contributed by atoms with E-state index >= 15 is 0 Å². The summed E-state index contributed by atoms with van der Waals surface area (Å²) in [4.78, 5) is 37.1. The van der Waals surface area contributed by atoms with Gasteiger partial charge >= 0.3 is 12.0 Å². The number of hydrogen-bond acceptors (Lipinski definition) is 5. The molecule has 2 aromatic carbocycles. The second kappa shape index (κ2) is 10.5. The molecule has 0 spiro atoms. The summed E-state index contributed by atoms with van der Waals surface area (Å²) in [5.41, 5.74) is 4.39. The van der Waals surface area contributed by atoms with Gasteiger partial charge in [-0.05, 0) is 68.0 Å². The maximum Gasteiger partial charge on any atom is 0.329 e. The lowest BCUT2D eigenvalue weighted by Gasteiger charge is -2.12. The van der Waals surface area contributed by atoms with Crippen LogP contribution in [0.15, 0.2) is 54.2 Å². The monoisotopic (exact) mass is 527 g/mol. The van der Waals surface area contributed by atoms with Crippen molar-refractivity contribution in [2.24, 2.45) is 0 Å². The Kier molecular flexibility index (Phi) is 7.37. The van der Waals surface area contributed by atoms with E-state index in [1.165, 1.54) is 7.11 Å². The van der Waals surface area contributed by atoms with Crippen LogP contribution >= 0.6 is 23.2 Å². The minimum absolute atomic E-state index is 0.0914. The fraction of sp³-hybridized carbons (Fsp3) is 0.192. The van der Waals surface area contributed by atoms with Gasteiger partial charge in [0.1, 0.15) is 24.6 Å². The van der Waals surface area contributed by atoms with Crippen molar-refractivity contribution in [1.82, 2.24) is 14.8 Å². The number of benzene rings is 2. The molecule has 1 N–H and O–H groups in total. The SMILES string of the molecule is COC(=O)CN1C(=O)N/C(=C/c2cc(C)n(-c3ccc(OCc4ccc(Cl)cc4Cl)cc3)c2C)C1=O. The standard InChI is InChI=1S/C26H23Cl2N3O5/c1-15-10-18(11-23-25(33)30(26(34)29-23)13-24(32)35-3)16(2)31(15)20-6-8-21(9-7-20)36-14-17-4-5-19(27)12-22(17)28/h4-12H,13-14H2,1-3H3,(H,29,34)/b23-11+. The number of aromatic nitrogens is 1. The summed E-state index contributed by atoms with van der Waals surface area (Å²) in [5, 5.41) is 3.63. The second-order valence-corrected chi connectivity index (χ2v) is 8.98. The van der Waals surface area contributed by atoms with E-state index in [0.29, 0.717) is 22.4 Å². The molecular formula is C26H23Cl2N3O5. The number of esters is 1.